The van der Waals surface area contributed by atoms with Gasteiger partial charge in [0, 0.05) is 44.6 Å². The molecule has 1 aromatic heterocycles. The zero-order valence-electron chi connectivity index (χ0n) is 18.3. The summed E-state index contributed by atoms with van der Waals surface area (Å²) in [6.45, 7) is 2.48. The van der Waals surface area contributed by atoms with Crippen LogP contribution < -0.4 is 10.2 Å². The van der Waals surface area contributed by atoms with Crippen molar-refractivity contribution in [2.45, 2.75) is 62.6 Å². The summed E-state index contributed by atoms with van der Waals surface area (Å²) < 4.78 is 1.92. The quantitative estimate of drug-likeness (QED) is 0.774. The minimum atomic E-state index is -0.905. The first kappa shape index (κ1) is 20.5. The summed E-state index contributed by atoms with van der Waals surface area (Å²) in [5, 5.41) is 14.5. The molecule has 166 valence electrons. The highest BCUT2D eigenvalue weighted by Crippen LogP contribution is 2.45. The standard InChI is InChI=1S/C24H33N5O2/c1-27-14-11-25-23(27)24(31)15-18-9-10-19(16-24)29(18)17-22(30)26-20-7-3-4-8-21(20)28-12-5-2-6-13-28/h3-4,7-8,11,14,18-19,31H,2,5-6,9-10,12-13,15-17H2,1H3,(H,26,30)/t18-,19+,24?. The maximum absolute atomic E-state index is 13.0. The van der Waals surface area contributed by atoms with E-state index in [1.54, 1.807) is 6.20 Å². The van der Waals surface area contributed by atoms with Crippen LogP contribution in [0.3, 0.4) is 0 Å². The van der Waals surface area contributed by atoms with E-state index in [2.05, 4.69) is 26.2 Å². The van der Waals surface area contributed by atoms with E-state index in [4.69, 9.17) is 0 Å². The predicted molar refractivity (Wildman–Crippen MR) is 121 cm³/mol. The molecule has 7 heteroatoms. The van der Waals surface area contributed by atoms with Gasteiger partial charge in [0.1, 0.15) is 11.4 Å². The van der Waals surface area contributed by atoms with Gasteiger partial charge in [-0.1, -0.05) is 12.1 Å². The Morgan fingerprint density at radius 3 is 2.55 bits per heavy atom. The molecule has 4 heterocycles. The van der Waals surface area contributed by atoms with Gasteiger partial charge >= 0.3 is 0 Å². The number of piperidine rings is 2. The average molecular weight is 424 g/mol. The number of hydrogen-bond donors (Lipinski definition) is 2. The van der Waals surface area contributed by atoms with E-state index in [1.807, 2.05) is 36.0 Å². The number of carbonyl (C=O) groups excluding carboxylic acids is 1. The number of aryl methyl sites for hydroxylation is 1. The van der Waals surface area contributed by atoms with Crippen molar-refractivity contribution in [2.24, 2.45) is 7.05 Å². The Bertz CT molecular complexity index is 922. The van der Waals surface area contributed by atoms with Gasteiger partial charge in [0.15, 0.2) is 0 Å². The largest absolute Gasteiger partial charge is 0.382 e. The zero-order chi connectivity index (χ0) is 21.4. The Balaban J connectivity index is 1.26. The Hall–Kier alpha value is -2.38. The Morgan fingerprint density at radius 2 is 1.87 bits per heavy atom. The number of imidazole rings is 1. The lowest BCUT2D eigenvalue weighted by Gasteiger charge is -2.43. The van der Waals surface area contributed by atoms with Gasteiger partial charge in [0.25, 0.3) is 0 Å². The van der Waals surface area contributed by atoms with E-state index in [0.717, 1.165) is 43.1 Å². The second kappa shape index (κ2) is 8.28. The summed E-state index contributed by atoms with van der Waals surface area (Å²) in [5.74, 6) is 0.771. The Morgan fingerprint density at radius 1 is 1.16 bits per heavy atom. The molecule has 0 aliphatic carbocycles. The molecule has 3 aliphatic heterocycles. The Kier molecular flexibility index (Phi) is 5.48. The van der Waals surface area contributed by atoms with Crippen LogP contribution in [0.25, 0.3) is 0 Å². The number of rotatable bonds is 5. The number of nitrogens with one attached hydrogen (secondary N) is 1. The number of carbonyl (C=O) groups is 1. The van der Waals surface area contributed by atoms with Crippen LogP contribution in [0.15, 0.2) is 36.7 Å². The van der Waals surface area contributed by atoms with Crippen LogP contribution in [-0.4, -0.2) is 57.2 Å². The third-order valence-corrected chi connectivity index (χ3v) is 7.36. The zero-order valence-corrected chi connectivity index (χ0v) is 18.3. The fourth-order valence-electron chi connectivity index (χ4n) is 5.92. The molecule has 3 aliphatic rings. The summed E-state index contributed by atoms with van der Waals surface area (Å²) in [4.78, 5) is 22.1. The predicted octanol–water partition coefficient (Wildman–Crippen LogP) is 2.86. The van der Waals surface area contributed by atoms with Gasteiger partial charge in [0.05, 0.1) is 17.9 Å². The van der Waals surface area contributed by atoms with Crippen molar-refractivity contribution in [3.8, 4) is 0 Å². The molecule has 0 saturated carbocycles. The number of hydrogen-bond acceptors (Lipinski definition) is 5. The number of aromatic nitrogens is 2. The summed E-state index contributed by atoms with van der Waals surface area (Å²) in [6, 6.07) is 8.57. The molecule has 0 spiro atoms. The minimum Gasteiger partial charge on any atom is -0.382 e. The monoisotopic (exact) mass is 423 g/mol. The molecule has 3 atom stereocenters. The molecule has 2 bridgehead atoms. The number of nitrogens with zero attached hydrogens (tertiary/aromatic N) is 4. The molecular formula is C24H33N5O2. The van der Waals surface area contributed by atoms with Crippen molar-refractivity contribution in [2.75, 3.05) is 29.9 Å². The van der Waals surface area contributed by atoms with Crippen molar-refractivity contribution >= 4 is 17.3 Å². The normalized spacial score (nSPS) is 28.6. The molecule has 1 amide bonds. The number of para-hydroxylation sites is 2. The van der Waals surface area contributed by atoms with Crippen molar-refractivity contribution in [3.63, 3.8) is 0 Å². The molecule has 3 saturated heterocycles. The van der Waals surface area contributed by atoms with Gasteiger partial charge in [-0.2, -0.15) is 0 Å². The molecular weight excluding hydrogens is 390 g/mol. The van der Waals surface area contributed by atoms with Crippen LogP contribution >= 0.6 is 0 Å². The van der Waals surface area contributed by atoms with Crippen LogP contribution in [0.5, 0.6) is 0 Å². The highest BCUT2D eigenvalue weighted by atomic mass is 16.3. The molecule has 0 radical (unpaired) electrons. The number of amides is 1. The van der Waals surface area contributed by atoms with Gasteiger partial charge < -0.3 is 19.9 Å². The first-order valence-corrected chi connectivity index (χ1v) is 11.6. The highest BCUT2D eigenvalue weighted by molar-refractivity contribution is 5.95. The molecule has 2 aromatic rings. The third-order valence-electron chi connectivity index (χ3n) is 7.36. The van der Waals surface area contributed by atoms with E-state index >= 15 is 0 Å². The van der Waals surface area contributed by atoms with Crippen LogP contribution in [0.4, 0.5) is 11.4 Å². The van der Waals surface area contributed by atoms with E-state index in [9.17, 15) is 9.90 Å². The van der Waals surface area contributed by atoms with E-state index < -0.39 is 5.60 Å². The smallest absolute Gasteiger partial charge is 0.238 e. The first-order valence-electron chi connectivity index (χ1n) is 11.6. The van der Waals surface area contributed by atoms with E-state index in [-0.39, 0.29) is 18.0 Å². The molecule has 1 unspecified atom stereocenters. The number of fused-ring (bicyclic) bond motifs is 2. The maximum atomic E-state index is 13.0. The summed E-state index contributed by atoms with van der Waals surface area (Å²) in [6.07, 6.45) is 10.6. The third kappa shape index (κ3) is 3.96. The van der Waals surface area contributed by atoms with Crippen LogP contribution in [-0.2, 0) is 17.4 Å². The second-order valence-corrected chi connectivity index (χ2v) is 9.47. The van der Waals surface area contributed by atoms with Gasteiger partial charge in [-0.05, 0) is 57.1 Å². The number of aliphatic hydroxyl groups is 1. The number of anilines is 2. The fraction of sp³-hybridized carbons (Fsp3) is 0.583. The van der Waals surface area contributed by atoms with Crippen LogP contribution in [0.2, 0.25) is 0 Å². The second-order valence-electron chi connectivity index (χ2n) is 9.47. The highest BCUT2D eigenvalue weighted by Gasteiger charge is 2.50. The first-order chi connectivity index (χ1) is 15.0. The topological polar surface area (TPSA) is 73.6 Å². The summed E-state index contributed by atoms with van der Waals surface area (Å²) in [5.41, 5.74) is 1.13. The van der Waals surface area contributed by atoms with Crippen molar-refractivity contribution in [1.82, 2.24) is 14.5 Å². The number of benzene rings is 1. The lowest BCUT2D eigenvalue weighted by Crippen LogP contribution is -2.52. The fourth-order valence-corrected chi connectivity index (χ4v) is 5.92. The average Bonchev–Trinajstić information content (AvgIpc) is 3.31. The van der Waals surface area contributed by atoms with Crippen molar-refractivity contribution in [1.29, 1.82) is 0 Å². The van der Waals surface area contributed by atoms with Gasteiger partial charge in [-0.15, -0.1) is 0 Å². The SMILES string of the molecule is Cn1ccnc1C1(O)C[C@H]2CC[C@@H](C1)N2CC(=O)Nc1ccccc1N1CCCCC1. The lowest BCUT2D eigenvalue weighted by molar-refractivity contribution is -0.121. The molecule has 1 aromatic carbocycles. The van der Waals surface area contributed by atoms with Gasteiger partial charge in [0.2, 0.25) is 5.91 Å². The van der Waals surface area contributed by atoms with Crippen LogP contribution in [0.1, 0.15) is 50.8 Å². The van der Waals surface area contributed by atoms with Crippen molar-refractivity contribution in [3.05, 3.63) is 42.5 Å². The van der Waals surface area contributed by atoms with Gasteiger partial charge in [-0.3, -0.25) is 9.69 Å². The van der Waals surface area contributed by atoms with E-state index in [0.29, 0.717) is 19.4 Å². The Labute approximate surface area is 184 Å². The molecule has 3 fully saturated rings. The molecule has 2 N–H and O–H groups in total. The minimum absolute atomic E-state index is 0.0313. The van der Waals surface area contributed by atoms with Crippen molar-refractivity contribution < 1.29 is 9.90 Å². The van der Waals surface area contributed by atoms with Crippen LogP contribution in [0, 0.1) is 0 Å². The van der Waals surface area contributed by atoms with Gasteiger partial charge in [-0.25, -0.2) is 4.98 Å². The van der Waals surface area contributed by atoms with E-state index in [1.165, 1.54) is 19.3 Å². The molecule has 5 rings (SSSR count). The maximum Gasteiger partial charge on any atom is 0.238 e. The molecule has 31 heavy (non-hydrogen) atoms. The summed E-state index contributed by atoms with van der Waals surface area (Å²) in [7, 11) is 1.93. The molecule has 7 nitrogen and oxygen atoms in total. The lowest BCUT2D eigenvalue weighted by atomic mass is 9.85. The summed E-state index contributed by atoms with van der Waals surface area (Å²) >= 11 is 0.